The quantitative estimate of drug-likeness (QED) is 0.629. The average molecular weight is 319 g/mol. The number of rotatable bonds is 6. The van der Waals surface area contributed by atoms with E-state index in [1.807, 2.05) is 51.1 Å². The Balaban J connectivity index is 1.88. The molecule has 1 unspecified atom stereocenters. The molecule has 6 nitrogen and oxygen atoms in total. The fourth-order valence-corrected chi connectivity index (χ4v) is 2.69. The summed E-state index contributed by atoms with van der Waals surface area (Å²) in [6, 6.07) is 9.81. The molecule has 0 spiro atoms. The van der Waals surface area contributed by atoms with E-state index in [9.17, 15) is 4.79 Å². The lowest BCUT2D eigenvalue weighted by molar-refractivity contribution is -0.119. The molecule has 118 valence electrons. The lowest BCUT2D eigenvalue weighted by Gasteiger charge is -2.14. The van der Waals surface area contributed by atoms with Crippen LogP contribution in [0.4, 0.5) is 0 Å². The third-order valence-corrected chi connectivity index (χ3v) is 4.16. The number of thioether (sulfide) groups is 1. The summed E-state index contributed by atoms with van der Waals surface area (Å²) in [5.41, 5.74) is 1.07. The van der Waals surface area contributed by atoms with Gasteiger partial charge in [0.1, 0.15) is 0 Å². The number of amides is 1. The van der Waals surface area contributed by atoms with Crippen LogP contribution in [0.2, 0.25) is 0 Å². The highest BCUT2D eigenvalue weighted by molar-refractivity contribution is 7.99. The van der Waals surface area contributed by atoms with Gasteiger partial charge < -0.3 is 11.2 Å². The first-order valence-electron chi connectivity index (χ1n) is 7.16. The Bertz CT molecular complexity index is 626. The summed E-state index contributed by atoms with van der Waals surface area (Å²) in [7, 11) is 0. The summed E-state index contributed by atoms with van der Waals surface area (Å²) in [4.78, 5) is 12.0. The number of carbonyl (C=O) groups is 1. The van der Waals surface area contributed by atoms with E-state index >= 15 is 0 Å². The molecule has 3 N–H and O–H groups in total. The minimum absolute atomic E-state index is 0.0312. The number of hydrogen-bond donors (Lipinski definition) is 2. The Morgan fingerprint density at radius 3 is 2.55 bits per heavy atom. The van der Waals surface area contributed by atoms with Crippen molar-refractivity contribution in [3.8, 4) is 0 Å². The molecule has 1 aromatic heterocycles. The van der Waals surface area contributed by atoms with Crippen molar-refractivity contribution >= 4 is 17.7 Å². The summed E-state index contributed by atoms with van der Waals surface area (Å²) >= 11 is 1.28. The van der Waals surface area contributed by atoms with E-state index in [0.29, 0.717) is 11.0 Å². The fraction of sp³-hybridized carbons (Fsp3) is 0.400. The third kappa shape index (κ3) is 4.00. The predicted octanol–water partition coefficient (Wildman–Crippen LogP) is 2.08. The van der Waals surface area contributed by atoms with Gasteiger partial charge in [-0.25, -0.2) is 4.68 Å². The van der Waals surface area contributed by atoms with Gasteiger partial charge in [-0.1, -0.05) is 55.9 Å². The number of nitrogens with two attached hydrogens (primary N) is 1. The highest BCUT2D eigenvalue weighted by Crippen LogP contribution is 2.19. The van der Waals surface area contributed by atoms with Gasteiger partial charge >= 0.3 is 0 Å². The van der Waals surface area contributed by atoms with Crippen molar-refractivity contribution in [3.63, 3.8) is 0 Å². The Kier molecular flexibility index (Phi) is 5.43. The molecule has 1 heterocycles. The van der Waals surface area contributed by atoms with Crippen LogP contribution in [0.15, 0.2) is 35.5 Å². The first-order valence-corrected chi connectivity index (χ1v) is 8.15. The Morgan fingerprint density at radius 2 is 1.95 bits per heavy atom. The summed E-state index contributed by atoms with van der Waals surface area (Å²) in [6.07, 6.45) is 0. The molecule has 0 fully saturated rings. The minimum atomic E-state index is -0.0598. The zero-order valence-corrected chi connectivity index (χ0v) is 13.8. The van der Waals surface area contributed by atoms with E-state index < -0.39 is 0 Å². The second-order valence-electron chi connectivity index (χ2n) is 5.35. The maximum absolute atomic E-state index is 12.0. The van der Waals surface area contributed by atoms with Crippen molar-refractivity contribution in [1.82, 2.24) is 20.2 Å². The van der Waals surface area contributed by atoms with Crippen LogP contribution in [0.3, 0.4) is 0 Å². The van der Waals surface area contributed by atoms with Crippen LogP contribution in [-0.2, 0) is 4.79 Å². The van der Waals surface area contributed by atoms with Crippen LogP contribution >= 0.6 is 11.8 Å². The molecule has 0 bridgehead atoms. The van der Waals surface area contributed by atoms with E-state index in [2.05, 4.69) is 15.5 Å². The van der Waals surface area contributed by atoms with Gasteiger partial charge in [0.25, 0.3) is 0 Å². The fourth-order valence-electron chi connectivity index (χ4n) is 2.02. The molecule has 2 aromatic rings. The van der Waals surface area contributed by atoms with Gasteiger partial charge in [0.2, 0.25) is 11.1 Å². The van der Waals surface area contributed by atoms with Crippen LogP contribution in [0.5, 0.6) is 0 Å². The molecular weight excluding hydrogens is 298 g/mol. The molecule has 0 saturated heterocycles. The lowest BCUT2D eigenvalue weighted by atomic mass is 10.1. The summed E-state index contributed by atoms with van der Waals surface area (Å²) < 4.78 is 1.45. The SMILES string of the molecule is CC(C)c1nnc(SCC(=O)NC(C)c2ccccc2)n1N. The zero-order chi connectivity index (χ0) is 16.1. The van der Waals surface area contributed by atoms with E-state index in [1.54, 1.807) is 0 Å². The Hall–Kier alpha value is -2.02. The van der Waals surface area contributed by atoms with Crippen LogP contribution in [0.1, 0.15) is 44.1 Å². The maximum atomic E-state index is 12.0. The van der Waals surface area contributed by atoms with Crippen LogP contribution in [0, 0.1) is 0 Å². The summed E-state index contributed by atoms with van der Waals surface area (Å²) in [5, 5.41) is 11.6. The molecule has 0 saturated carbocycles. The molecule has 1 atom stereocenters. The van der Waals surface area contributed by atoms with E-state index in [1.165, 1.54) is 16.4 Å². The number of nitrogen functional groups attached to an aromatic ring is 1. The van der Waals surface area contributed by atoms with E-state index in [4.69, 9.17) is 5.84 Å². The average Bonchev–Trinajstić information content (AvgIpc) is 2.87. The largest absolute Gasteiger partial charge is 0.349 e. The molecule has 1 amide bonds. The number of carbonyl (C=O) groups excluding carboxylic acids is 1. The molecule has 0 aliphatic heterocycles. The van der Waals surface area contributed by atoms with E-state index in [-0.39, 0.29) is 23.6 Å². The normalized spacial score (nSPS) is 12.4. The van der Waals surface area contributed by atoms with Gasteiger partial charge in [0, 0.05) is 5.92 Å². The molecule has 22 heavy (non-hydrogen) atoms. The third-order valence-electron chi connectivity index (χ3n) is 3.22. The number of nitrogens with zero attached hydrogens (tertiary/aromatic N) is 3. The van der Waals surface area contributed by atoms with Gasteiger partial charge in [0.15, 0.2) is 5.82 Å². The predicted molar refractivity (Wildman–Crippen MR) is 88.0 cm³/mol. The van der Waals surface area contributed by atoms with Crippen LogP contribution < -0.4 is 11.2 Å². The number of hydrogen-bond acceptors (Lipinski definition) is 5. The van der Waals surface area contributed by atoms with Gasteiger partial charge in [-0.15, -0.1) is 10.2 Å². The van der Waals surface area contributed by atoms with Crippen molar-refractivity contribution in [2.75, 3.05) is 11.6 Å². The number of nitrogens with one attached hydrogen (secondary N) is 1. The van der Waals surface area contributed by atoms with Crippen molar-refractivity contribution in [1.29, 1.82) is 0 Å². The summed E-state index contributed by atoms with van der Waals surface area (Å²) in [6.45, 7) is 5.95. The summed E-state index contributed by atoms with van der Waals surface area (Å²) in [5.74, 6) is 7.02. The van der Waals surface area contributed by atoms with Gasteiger partial charge in [-0.05, 0) is 12.5 Å². The maximum Gasteiger partial charge on any atom is 0.230 e. The molecule has 0 radical (unpaired) electrons. The van der Waals surface area contributed by atoms with Gasteiger partial charge in [-0.3, -0.25) is 4.79 Å². The first-order chi connectivity index (χ1) is 10.5. The van der Waals surface area contributed by atoms with Crippen molar-refractivity contribution < 1.29 is 4.79 Å². The highest BCUT2D eigenvalue weighted by atomic mass is 32.2. The second-order valence-corrected chi connectivity index (χ2v) is 6.30. The molecule has 7 heteroatoms. The van der Waals surface area contributed by atoms with Crippen molar-refractivity contribution in [2.24, 2.45) is 0 Å². The van der Waals surface area contributed by atoms with Gasteiger partial charge in [0.05, 0.1) is 11.8 Å². The minimum Gasteiger partial charge on any atom is -0.349 e. The zero-order valence-electron chi connectivity index (χ0n) is 13.0. The second kappa shape index (κ2) is 7.31. The lowest BCUT2D eigenvalue weighted by Crippen LogP contribution is -2.28. The smallest absolute Gasteiger partial charge is 0.230 e. The molecule has 1 aromatic carbocycles. The van der Waals surface area contributed by atoms with Gasteiger partial charge in [-0.2, -0.15) is 0 Å². The molecule has 0 aliphatic rings. The monoisotopic (exact) mass is 319 g/mol. The van der Waals surface area contributed by atoms with Crippen molar-refractivity contribution in [2.45, 2.75) is 37.9 Å². The Labute approximate surface area is 134 Å². The topological polar surface area (TPSA) is 85.8 Å². The van der Waals surface area contributed by atoms with Crippen LogP contribution in [0.25, 0.3) is 0 Å². The standard InChI is InChI=1S/C15H21N5OS/c1-10(2)14-18-19-15(20(14)16)22-9-13(21)17-11(3)12-7-5-4-6-8-12/h4-8,10-11H,9,16H2,1-3H3,(H,17,21). The first kappa shape index (κ1) is 16.4. The van der Waals surface area contributed by atoms with Crippen LogP contribution in [-0.4, -0.2) is 26.5 Å². The van der Waals surface area contributed by atoms with Crippen molar-refractivity contribution in [3.05, 3.63) is 41.7 Å². The Morgan fingerprint density at radius 1 is 1.27 bits per heavy atom. The highest BCUT2D eigenvalue weighted by Gasteiger charge is 2.15. The number of benzene rings is 1. The molecule has 0 aliphatic carbocycles. The molecule has 2 rings (SSSR count). The molecular formula is C15H21N5OS. The van der Waals surface area contributed by atoms with E-state index in [0.717, 1.165) is 5.56 Å². The number of aromatic nitrogens is 3.